The van der Waals surface area contributed by atoms with Crippen LogP contribution in [0.2, 0.25) is 0 Å². The predicted octanol–water partition coefficient (Wildman–Crippen LogP) is 0.775. The lowest BCUT2D eigenvalue weighted by Crippen LogP contribution is -2.32. The molecule has 0 aliphatic carbocycles. The molecule has 0 bridgehead atoms. The van der Waals surface area contributed by atoms with Crippen LogP contribution in [0.25, 0.3) is 0 Å². The van der Waals surface area contributed by atoms with Gasteiger partial charge in [0.25, 0.3) is 11.5 Å². The van der Waals surface area contributed by atoms with Crippen LogP contribution >= 0.6 is 11.8 Å². The second-order valence-corrected chi connectivity index (χ2v) is 6.88. The number of nitrogen functional groups attached to an aromatic ring is 1. The van der Waals surface area contributed by atoms with E-state index in [0.717, 1.165) is 11.8 Å². The Bertz CT molecular complexity index is 992. The number of anilines is 2. The Morgan fingerprint density at radius 3 is 2.48 bits per heavy atom. The molecule has 1 aromatic carbocycles. The summed E-state index contributed by atoms with van der Waals surface area (Å²) in [6, 6.07) is 6.38. The van der Waals surface area contributed by atoms with Crippen LogP contribution in [-0.2, 0) is 14.3 Å². The van der Waals surface area contributed by atoms with Crippen molar-refractivity contribution in [2.24, 2.45) is 0 Å². The number of amides is 2. The minimum atomic E-state index is -0.666. The first-order valence-corrected chi connectivity index (χ1v) is 10.3. The molecule has 1 heterocycles. The van der Waals surface area contributed by atoms with Crippen LogP contribution < -0.4 is 26.7 Å². The highest BCUT2D eigenvalue weighted by atomic mass is 32.2. The van der Waals surface area contributed by atoms with Gasteiger partial charge in [-0.25, -0.2) is 4.98 Å². The van der Waals surface area contributed by atoms with Gasteiger partial charge in [-0.2, -0.15) is 0 Å². The summed E-state index contributed by atoms with van der Waals surface area (Å²) >= 11 is 0.915. The van der Waals surface area contributed by atoms with Crippen molar-refractivity contribution in [2.75, 3.05) is 36.6 Å². The molecule has 2 aromatic rings. The molecule has 0 atom stereocenters. The minimum absolute atomic E-state index is 0.0906. The van der Waals surface area contributed by atoms with E-state index in [1.165, 1.54) is 0 Å². The van der Waals surface area contributed by atoms with Gasteiger partial charge in [0.15, 0.2) is 11.0 Å². The topological polar surface area (TPSA) is 165 Å². The zero-order valence-corrected chi connectivity index (χ0v) is 17.8. The number of carbonyl (C=O) groups excluding carboxylic acids is 3. The molecular weight excluding hydrogens is 426 g/mol. The Morgan fingerprint density at radius 2 is 1.87 bits per heavy atom. The average molecular weight is 449 g/mol. The van der Waals surface area contributed by atoms with Gasteiger partial charge in [-0.05, 0) is 38.1 Å². The van der Waals surface area contributed by atoms with E-state index >= 15 is 0 Å². The summed E-state index contributed by atoms with van der Waals surface area (Å²) in [7, 11) is 0. The van der Waals surface area contributed by atoms with Gasteiger partial charge in [0.2, 0.25) is 5.91 Å². The lowest BCUT2D eigenvalue weighted by Gasteiger charge is -2.09. The van der Waals surface area contributed by atoms with E-state index in [2.05, 4.69) is 20.6 Å². The zero-order valence-electron chi connectivity index (χ0n) is 17.0. The fourth-order valence-corrected chi connectivity index (χ4v) is 2.98. The summed E-state index contributed by atoms with van der Waals surface area (Å²) in [6.45, 7) is 3.97. The molecule has 12 heteroatoms. The smallest absolute Gasteiger partial charge is 0.325 e. The maximum absolute atomic E-state index is 12.4. The fraction of sp³-hybridized carbons (Fsp3) is 0.316. The van der Waals surface area contributed by atoms with E-state index in [1.54, 1.807) is 31.2 Å². The molecule has 11 nitrogen and oxygen atoms in total. The van der Waals surface area contributed by atoms with Crippen LogP contribution in [0.15, 0.2) is 34.2 Å². The van der Waals surface area contributed by atoms with Gasteiger partial charge >= 0.3 is 5.97 Å². The predicted molar refractivity (Wildman–Crippen MR) is 115 cm³/mol. The van der Waals surface area contributed by atoms with Crippen LogP contribution in [0.4, 0.5) is 11.5 Å². The number of H-pyrrole nitrogens is 1. The molecule has 0 saturated heterocycles. The quantitative estimate of drug-likeness (QED) is 0.233. The lowest BCUT2D eigenvalue weighted by atomic mass is 10.2. The maximum atomic E-state index is 12.4. The standard InChI is InChI=1S/C19H23N5O6S/c1-3-29-12-7-5-11(6-8-12)17(27)22-15-16(20)23-19(24-18(15)28)31-10-13(25)21-9-14(26)30-4-2/h5-8H,3-4,9-10H2,1-2H3,(H,21,25)(H,22,27)(H3,20,23,24,28). The van der Waals surface area contributed by atoms with Crippen LogP contribution in [0.5, 0.6) is 5.75 Å². The van der Waals surface area contributed by atoms with Crippen LogP contribution in [0, 0.1) is 0 Å². The summed E-state index contributed by atoms with van der Waals surface area (Å²) in [5.74, 6) is -1.24. The van der Waals surface area contributed by atoms with Gasteiger partial charge in [-0.1, -0.05) is 11.8 Å². The highest BCUT2D eigenvalue weighted by Gasteiger charge is 2.15. The van der Waals surface area contributed by atoms with Crippen molar-refractivity contribution in [3.8, 4) is 5.75 Å². The van der Waals surface area contributed by atoms with Crippen LogP contribution in [-0.4, -0.2) is 53.3 Å². The Hall–Kier alpha value is -3.54. The number of benzene rings is 1. The number of nitrogens with two attached hydrogens (primary N) is 1. The number of aromatic nitrogens is 2. The van der Waals surface area contributed by atoms with Crippen molar-refractivity contribution < 1.29 is 23.9 Å². The number of esters is 1. The second kappa shape index (κ2) is 11.6. The number of rotatable bonds is 10. The van der Waals surface area contributed by atoms with E-state index in [0.29, 0.717) is 17.9 Å². The monoisotopic (exact) mass is 449 g/mol. The summed E-state index contributed by atoms with van der Waals surface area (Å²) < 4.78 is 10.0. The second-order valence-electron chi connectivity index (χ2n) is 5.91. The molecule has 2 amide bonds. The molecular formula is C19H23N5O6S. The third-order valence-electron chi connectivity index (χ3n) is 3.67. The maximum Gasteiger partial charge on any atom is 0.325 e. The number of thioether (sulfide) groups is 1. The molecule has 0 unspecified atom stereocenters. The summed E-state index contributed by atoms with van der Waals surface area (Å²) in [5.41, 5.74) is 5.25. The number of ether oxygens (including phenoxy) is 2. The molecule has 2 rings (SSSR count). The lowest BCUT2D eigenvalue weighted by molar-refractivity contribution is -0.143. The van der Waals surface area contributed by atoms with Gasteiger partial charge in [0.1, 0.15) is 18.0 Å². The first kappa shape index (κ1) is 23.7. The van der Waals surface area contributed by atoms with Crippen LogP contribution in [0.3, 0.4) is 0 Å². The van der Waals surface area contributed by atoms with E-state index in [1.807, 2.05) is 6.92 Å². The minimum Gasteiger partial charge on any atom is -0.494 e. The van der Waals surface area contributed by atoms with Gasteiger partial charge in [0, 0.05) is 5.56 Å². The Morgan fingerprint density at radius 1 is 1.16 bits per heavy atom. The molecule has 5 N–H and O–H groups in total. The van der Waals surface area contributed by atoms with Crippen LogP contribution in [0.1, 0.15) is 24.2 Å². The Labute approximate surface area is 182 Å². The molecule has 0 saturated carbocycles. The highest BCUT2D eigenvalue weighted by Crippen LogP contribution is 2.18. The molecule has 166 valence electrons. The normalized spacial score (nSPS) is 10.3. The van der Waals surface area contributed by atoms with Gasteiger partial charge in [-0.3, -0.25) is 24.2 Å². The number of aromatic amines is 1. The number of hydrogen-bond donors (Lipinski definition) is 4. The van der Waals surface area contributed by atoms with Crippen molar-refractivity contribution in [3.05, 3.63) is 40.2 Å². The van der Waals surface area contributed by atoms with E-state index < -0.39 is 23.3 Å². The molecule has 0 radical (unpaired) electrons. The van der Waals surface area contributed by atoms with E-state index in [4.69, 9.17) is 15.2 Å². The van der Waals surface area contributed by atoms with Crippen molar-refractivity contribution in [1.29, 1.82) is 0 Å². The van der Waals surface area contributed by atoms with Gasteiger partial charge < -0.3 is 25.8 Å². The van der Waals surface area contributed by atoms with Crippen molar-refractivity contribution in [3.63, 3.8) is 0 Å². The molecule has 0 fully saturated rings. The summed E-state index contributed by atoms with van der Waals surface area (Å²) in [5, 5.41) is 4.91. The van der Waals surface area contributed by atoms with E-state index in [-0.39, 0.29) is 35.6 Å². The third-order valence-corrected chi connectivity index (χ3v) is 4.54. The molecule has 0 aliphatic rings. The third kappa shape index (κ3) is 7.33. The van der Waals surface area contributed by atoms with Crippen molar-refractivity contribution >= 4 is 41.1 Å². The number of hydrogen-bond acceptors (Lipinski definition) is 9. The number of nitrogens with zero attached hydrogens (tertiary/aromatic N) is 1. The Balaban J connectivity index is 1.97. The first-order valence-electron chi connectivity index (χ1n) is 9.33. The first-order chi connectivity index (χ1) is 14.8. The van der Waals surface area contributed by atoms with Crippen molar-refractivity contribution in [2.45, 2.75) is 19.0 Å². The molecule has 0 spiro atoms. The molecule has 31 heavy (non-hydrogen) atoms. The van der Waals surface area contributed by atoms with Gasteiger partial charge in [0.05, 0.1) is 19.0 Å². The molecule has 1 aromatic heterocycles. The SMILES string of the molecule is CCOC(=O)CNC(=O)CSc1nc(N)c(NC(=O)c2ccc(OCC)cc2)c(=O)[nH]1. The highest BCUT2D eigenvalue weighted by molar-refractivity contribution is 7.99. The number of nitrogens with one attached hydrogen (secondary N) is 3. The number of carbonyl (C=O) groups is 3. The van der Waals surface area contributed by atoms with Crippen molar-refractivity contribution in [1.82, 2.24) is 15.3 Å². The zero-order chi connectivity index (χ0) is 22.8. The largest absolute Gasteiger partial charge is 0.494 e. The summed E-state index contributed by atoms with van der Waals surface area (Å²) in [4.78, 5) is 54.1. The summed E-state index contributed by atoms with van der Waals surface area (Å²) in [6.07, 6.45) is 0. The molecule has 0 aliphatic heterocycles. The van der Waals surface area contributed by atoms with E-state index in [9.17, 15) is 19.2 Å². The fourth-order valence-electron chi connectivity index (χ4n) is 2.28. The Kier molecular flexibility index (Phi) is 8.88. The van der Waals surface area contributed by atoms with Gasteiger partial charge in [-0.15, -0.1) is 0 Å². The average Bonchev–Trinajstić information content (AvgIpc) is 2.74.